The Morgan fingerprint density at radius 1 is 1.31 bits per heavy atom. The van der Waals surface area contributed by atoms with E-state index in [1.165, 1.54) is 18.9 Å². The summed E-state index contributed by atoms with van der Waals surface area (Å²) in [5.41, 5.74) is -0.0309. The van der Waals surface area contributed by atoms with E-state index >= 15 is 0 Å². The van der Waals surface area contributed by atoms with E-state index in [1.54, 1.807) is 16.4 Å². The molecule has 0 aromatic heterocycles. The Labute approximate surface area is 160 Å². The third-order valence-electron chi connectivity index (χ3n) is 5.81. The van der Waals surface area contributed by atoms with Gasteiger partial charge in [-0.1, -0.05) is 24.4 Å². The fourth-order valence-electron chi connectivity index (χ4n) is 4.02. The second kappa shape index (κ2) is 7.30. The van der Waals surface area contributed by atoms with Gasteiger partial charge in [0, 0.05) is 30.1 Å². The molecule has 1 spiro atoms. The molecule has 2 heterocycles. The van der Waals surface area contributed by atoms with Crippen molar-refractivity contribution in [3.63, 3.8) is 0 Å². The number of benzene rings is 1. The SMILES string of the molecule is O=S(=O)(c1cc(Cl)ccc1OCCC1CC1)N1CCC2(CCCOC2)C1. The van der Waals surface area contributed by atoms with Crippen molar-refractivity contribution in [3.05, 3.63) is 23.2 Å². The molecular formula is C19H26ClNO4S. The van der Waals surface area contributed by atoms with Gasteiger partial charge in [0.15, 0.2) is 0 Å². The molecule has 3 aliphatic rings. The molecule has 1 unspecified atom stereocenters. The lowest BCUT2D eigenvalue weighted by molar-refractivity contribution is 0.000895. The third kappa shape index (κ3) is 3.88. The van der Waals surface area contributed by atoms with Crippen LogP contribution in [-0.2, 0) is 14.8 Å². The first-order chi connectivity index (χ1) is 12.5. The number of rotatable bonds is 6. The van der Waals surface area contributed by atoms with E-state index in [1.807, 2.05) is 0 Å². The number of nitrogens with zero attached hydrogens (tertiary/aromatic N) is 1. The van der Waals surface area contributed by atoms with Crippen LogP contribution >= 0.6 is 11.6 Å². The largest absolute Gasteiger partial charge is 0.492 e. The molecule has 2 aliphatic heterocycles. The first-order valence-corrected chi connectivity index (χ1v) is 11.3. The normalized spacial score (nSPS) is 27.1. The van der Waals surface area contributed by atoms with E-state index in [9.17, 15) is 8.42 Å². The van der Waals surface area contributed by atoms with Crippen molar-refractivity contribution in [2.24, 2.45) is 11.3 Å². The summed E-state index contributed by atoms with van der Waals surface area (Å²) in [6.07, 6.45) is 6.37. The monoisotopic (exact) mass is 399 g/mol. The maximum Gasteiger partial charge on any atom is 0.246 e. The molecule has 1 aliphatic carbocycles. The van der Waals surface area contributed by atoms with Crippen molar-refractivity contribution in [2.75, 3.05) is 32.9 Å². The van der Waals surface area contributed by atoms with Crippen LogP contribution in [-0.4, -0.2) is 45.6 Å². The number of halogens is 1. The van der Waals surface area contributed by atoms with Crippen LogP contribution in [0.15, 0.2) is 23.1 Å². The van der Waals surface area contributed by atoms with Gasteiger partial charge in [0.1, 0.15) is 10.6 Å². The van der Waals surface area contributed by atoms with Crippen LogP contribution in [0.25, 0.3) is 0 Å². The third-order valence-corrected chi connectivity index (χ3v) is 7.91. The average molecular weight is 400 g/mol. The molecule has 4 rings (SSSR count). The van der Waals surface area contributed by atoms with Crippen molar-refractivity contribution in [1.82, 2.24) is 4.31 Å². The molecule has 0 amide bonds. The van der Waals surface area contributed by atoms with E-state index in [0.29, 0.717) is 37.1 Å². The highest BCUT2D eigenvalue weighted by Gasteiger charge is 2.44. The quantitative estimate of drug-likeness (QED) is 0.731. The molecule has 1 atom stereocenters. The maximum atomic E-state index is 13.3. The molecule has 5 nitrogen and oxygen atoms in total. The fourth-order valence-corrected chi connectivity index (χ4v) is 5.96. The summed E-state index contributed by atoms with van der Waals surface area (Å²) in [7, 11) is -3.63. The molecule has 3 fully saturated rings. The number of hydrogen-bond donors (Lipinski definition) is 0. The highest BCUT2D eigenvalue weighted by molar-refractivity contribution is 7.89. The van der Waals surface area contributed by atoms with Gasteiger partial charge in [-0.2, -0.15) is 4.31 Å². The zero-order valence-electron chi connectivity index (χ0n) is 15.0. The summed E-state index contributed by atoms with van der Waals surface area (Å²) in [4.78, 5) is 0.189. The summed E-state index contributed by atoms with van der Waals surface area (Å²) >= 11 is 6.11. The van der Waals surface area contributed by atoms with Crippen LogP contribution in [0.4, 0.5) is 0 Å². The second-order valence-corrected chi connectivity index (χ2v) is 10.3. The molecule has 0 radical (unpaired) electrons. The van der Waals surface area contributed by atoms with Crippen molar-refractivity contribution in [1.29, 1.82) is 0 Å². The molecule has 0 N–H and O–H groups in total. The first-order valence-electron chi connectivity index (χ1n) is 9.49. The minimum Gasteiger partial charge on any atom is -0.492 e. The highest BCUT2D eigenvalue weighted by Crippen LogP contribution is 2.41. The second-order valence-electron chi connectivity index (χ2n) is 7.92. The van der Waals surface area contributed by atoms with Gasteiger partial charge < -0.3 is 9.47 Å². The minimum atomic E-state index is -3.63. The van der Waals surface area contributed by atoms with E-state index < -0.39 is 10.0 Å². The van der Waals surface area contributed by atoms with Gasteiger partial charge in [0.25, 0.3) is 0 Å². The number of sulfonamides is 1. The lowest BCUT2D eigenvalue weighted by Gasteiger charge is -2.33. The van der Waals surface area contributed by atoms with Crippen LogP contribution in [0.5, 0.6) is 5.75 Å². The number of hydrogen-bond acceptors (Lipinski definition) is 4. The van der Waals surface area contributed by atoms with Gasteiger partial charge in [-0.05, 0) is 49.8 Å². The topological polar surface area (TPSA) is 55.8 Å². The van der Waals surface area contributed by atoms with Gasteiger partial charge in [-0.25, -0.2) is 8.42 Å². The fraction of sp³-hybridized carbons (Fsp3) is 0.684. The summed E-state index contributed by atoms with van der Waals surface area (Å²) in [6.45, 7) is 3.02. The molecule has 1 aromatic carbocycles. The molecule has 7 heteroatoms. The molecule has 26 heavy (non-hydrogen) atoms. The summed E-state index contributed by atoms with van der Waals surface area (Å²) in [5.74, 6) is 1.16. The summed E-state index contributed by atoms with van der Waals surface area (Å²) in [5, 5.41) is 0.410. The predicted octanol–water partition coefficient (Wildman–Crippen LogP) is 3.71. The molecular weight excluding hydrogens is 374 g/mol. The van der Waals surface area contributed by atoms with Gasteiger partial charge in [-0.15, -0.1) is 0 Å². The van der Waals surface area contributed by atoms with Crippen molar-refractivity contribution >= 4 is 21.6 Å². The molecule has 144 valence electrons. The van der Waals surface area contributed by atoms with Crippen LogP contribution < -0.4 is 4.74 Å². The standard InChI is InChI=1S/C19H26ClNO4S/c20-16-4-5-17(25-11-6-15-2-3-15)18(12-16)26(22,23)21-9-8-19(13-21)7-1-10-24-14-19/h4-5,12,15H,1-3,6-11,13-14H2. The smallest absolute Gasteiger partial charge is 0.246 e. The molecule has 1 saturated carbocycles. The Kier molecular flexibility index (Phi) is 5.21. The Morgan fingerprint density at radius 2 is 2.15 bits per heavy atom. The van der Waals surface area contributed by atoms with Gasteiger partial charge in [0.2, 0.25) is 10.0 Å². The van der Waals surface area contributed by atoms with Gasteiger partial charge in [-0.3, -0.25) is 0 Å². The Bertz CT molecular complexity index is 757. The Balaban J connectivity index is 1.53. The van der Waals surface area contributed by atoms with Crippen LogP contribution in [0.1, 0.15) is 38.5 Å². The van der Waals surface area contributed by atoms with E-state index in [4.69, 9.17) is 21.1 Å². The summed E-state index contributed by atoms with van der Waals surface area (Å²) < 4.78 is 39.6. The van der Waals surface area contributed by atoms with E-state index in [2.05, 4.69) is 0 Å². The van der Waals surface area contributed by atoms with Crippen LogP contribution in [0.3, 0.4) is 0 Å². The predicted molar refractivity (Wildman–Crippen MR) is 100 cm³/mol. The van der Waals surface area contributed by atoms with Crippen molar-refractivity contribution < 1.29 is 17.9 Å². The lowest BCUT2D eigenvalue weighted by Crippen LogP contribution is -2.37. The minimum absolute atomic E-state index is 0.0309. The van der Waals surface area contributed by atoms with Crippen LogP contribution in [0, 0.1) is 11.3 Å². The Morgan fingerprint density at radius 3 is 2.88 bits per heavy atom. The zero-order valence-corrected chi connectivity index (χ0v) is 16.5. The highest BCUT2D eigenvalue weighted by atomic mass is 35.5. The van der Waals surface area contributed by atoms with Crippen molar-refractivity contribution in [3.8, 4) is 5.75 Å². The average Bonchev–Trinajstić information content (AvgIpc) is 3.36. The number of ether oxygens (including phenoxy) is 2. The van der Waals surface area contributed by atoms with Crippen molar-refractivity contribution in [2.45, 2.75) is 43.4 Å². The zero-order chi connectivity index (χ0) is 18.2. The lowest BCUT2D eigenvalue weighted by atomic mass is 9.82. The molecule has 1 aromatic rings. The molecule has 0 bridgehead atoms. The van der Waals surface area contributed by atoms with E-state index in [-0.39, 0.29) is 10.3 Å². The van der Waals surface area contributed by atoms with E-state index in [0.717, 1.165) is 38.2 Å². The summed E-state index contributed by atoms with van der Waals surface area (Å²) in [6, 6.07) is 4.89. The van der Waals surface area contributed by atoms with Crippen LogP contribution in [0.2, 0.25) is 5.02 Å². The Hall–Kier alpha value is -0.820. The first kappa shape index (κ1) is 18.5. The van der Waals surface area contributed by atoms with Gasteiger partial charge in [0.05, 0.1) is 13.2 Å². The molecule has 2 saturated heterocycles. The van der Waals surface area contributed by atoms with Gasteiger partial charge >= 0.3 is 0 Å². The maximum absolute atomic E-state index is 13.3.